The summed E-state index contributed by atoms with van der Waals surface area (Å²) in [6, 6.07) is 8.49. The van der Waals surface area contributed by atoms with E-state index in [1.165, 1.54) is 5.56 Å². The van der Waals surface area contributed by atoms with Gasteiger partial charge in [0.2, 0.25) is 0 Å². The Bertz CT molecular complexity index is 606. The summed E-state index contributed by atoms with van der Waals surface area (Å²) in [6.45, 7) is 8.40. The third-order valence-electron chi connectivity index (χ3n) is 3.43. The molecule has 0 fully saturated rings. The highest BCUT2D eigenvalue weighted by molar-refractivity contribution is 5.41. The fourth-order valence-electron chi connectivity index (χ4n) is 2.22. The fourth-order valence-corrected chi connectivity index (χ4v) is 2.22. The summed E-state index contributed by atoms with van der Waals surface area (Å²) >= 11 is 0. The first kappa shape index (κ1) is 15.5. The zero-order valence-electron chi connectivity index (χ0n) is 13.3. The molecule has 0 spiro atoms. The highest BCUT2D eigenvalue weighted by Crippen LogP contribution is 2.28. The highest BCUT2D eigenvalue weighted by atomic mass is 16.5. The average Bonchev–Trinajstić information content (AvgIpc) is 2.40. The Balaban J connectivity index is 2.23. The van der Waals surface area contributed by atoms with E-state index in [4.69, 9.17) is 10.5 Å². The number of ether oxygens (including phenoxy) is 1. The SMILES string of the molecule is Cc1ccc(C(C)C)cc1Oc1cncc(CC(C)N)c1. The Morgan fingerprint density at radius 2 is 1.90 bits per heavy atom. The molecule has 1 aromatic heterocycles. The molecule has 3 heteroatoms. The lowest BCUT2D eigenvalue weighted by molar-refractivity contribution is 0.474. The van der Waals surface area contributed by atoms with Gasteiger partial charge in [0, 0.05) is 12.2 Å². The van der Waals surface area contributed by atoms with Gasteiger partial charge >= 0.3 is 0 Å². The van der Waals surface area contributed by atoms with Gasteiger partial charge in [-0.1, -0.05) is 26.0 Å². The van der Waals surface area contributed by atoms with E-state index in [1.54, 1.807) is 6.20 Å². The Morgan fingerprint density at radius 3 is 2.57 bits per heavy atom. The lowest BCUT2D eigenvalue weighted by Crippen LogP contribution is -2.17. The maximum Gasteiger partial charge on any atom is 0.145 e. The van der Waals surface area contributed by atoms with Crippen molar-refractivity contribution >= 4 is 0 Å². The summed E-state index contributed by atoms with van der Waals surface area (Å²) in [7, 11) is 0. The second-order valence-electron chi connectivity index (χ2n) is 5.99. The van der Waals surface area contributed by atoms with Crippen LogP contribution in [0.4, 0.5) is 0 Å². The summed E-state index contributed by atoms with van der Waals surface area (Å²) < 4.78 is 6.02. The zero-order chi connectivity index (χ0) is 15.4. The van der Waals surface area contributed by atoms with E-state index in [9.17, 15) is 0 Å². The normalized spacial score (nSPS) is 12.5. The summed E-state index contributed by atoms with van der Waals surface area (Å²) in [5.74, 6) is 2.13. The molecule has 0 aliphatic heterocycles. The van der Waals surface area contributed by atoms with E-state index in [2.05, 4.69) is 44.0 Å². The number of nitrogens with zero attached hydrogens (tertiary/aromatic N) is 1. The second-order valence-corrected chi connectivity index (χ2v) is 5.99. The predicted molar refractivity (Wildman–Crippen MR) is 86.9 cm³/mol. The van der Waals surface area contributed by atoms with E-state index >= 15 is 0 Å². The first-order valence-corrected chi connectivity index (χ1v) is 7.43. The Morgan fingerprint density at radius 1 is 1.14 bits per heavy atom. The lowest BCUT2D eigenvalue weighted by atomic mass is 10.0. The molecule has 1 unspecified atom stereocenters. The quantitative estimate of drug-likeness (QED) is 0.895. The van der Waals surface area contributed by atoms with Gasteiger partial charge in [0.25, 0.3) is 0 Å². The molecule has 3 nitrogen and oxygen atoms in total. The largest absolute Gasteiger partial charge is 0.455 e. The van der Waals surface area contributed by atoms with Crippen LogP contribution in [0.15, 0.2) is 36.7 Å². The first-order chi connectivity index (χ1) is 9.95. The van der Waals surface area contributed by atoms with Crippen LogP contribution in [0.1, 0.15) is 43.4 Å². The molecular weight excluding hydrogens is 260 g/mol. The van der Waals surface area contributed by atoms with E-state index < -0.39 is 0 Å². The molecule has 1 heterocycles. The molecule has 0 radical (unpaired) electrons. The van der Waals surface area contributed by atoms with Crippen LogP contribution in [0.2, 0.25) is 0 Å². The molecule has 2 N–H and O–H groups in total. The van der Waals surface area contributed by atoms with Crippen LogP contribution in [-0.4, -0.2) is 11.0 Å². The minimum atomic E-state index is 0.119. The van der Waals surface area contributed by atoms with Crippen LogP contribution in [0.5, 0.6) is 11.5 Å². The van der Waals surface area contributed by atoms with Crippen LogP contribution in [-0.2, 0) is 6.42 Å². The van der Waals surface area contributed by atoms with Gasteiger partial charge in [-0.15, -0.1) is 0 Å². The molecule has 2 rings (SSSR count). The molecule has 0 aliphatic carbocycles. The maximum atomic E-state index is 6.02. The van der Waals surface area contributed by atoms with Crippen molar-refractivity contribution < 1.29 is 4.74 Å². The molecule has 1 atom stereocenters. The van der Waals surface area contributed by atoms with Crippen molar-refractivity contribution in [2.75, 3.05) is 0 Å². The Kier molecular flexibility index (Phi) is 4.97. The molecule has 0 saturated carbocycles. The van der Waals surface area contributed by atoms with Gasteiger partial charge in [0.15, 0.2) is 0 Å². The zero-order valence-corrected chi connectivity index (χ0v) is 13.3. The van der Waals surface area contributed by atoms with E-state index in [0.29, 0.717) is 5.92 Å². The number of hydrogen-bond acceptors (Lipinski definition) is 3. The van der Waals surface area contributed by atoms with Gasteiger partial charge in [0.1, 0.15) is 11.5 Å². The van der Waals surface area contributed by atoms with Crippen molar-refractivity contribution in [2.45, 2.75) is 46.1 Å². The monoisotopic (exact) mass is 284 g/mol. The van der Waals surface area contributed by atoms with Crippen LogP contribution in [0.3, 0.4) is 0 Å². The van der Waals surface area contributed by atoms with Crippen molar-refractivity contribution in [3.8, 4) is 11.5 Å². The lowest BCUT2D eigenvalue weighted by Gasteiger charge is -2.13. The number of hydrogen-bond donors (Lipinski definition) is 1. The van der Waals surface area contributed by atoms with Gasteiger partial charge < -0.3 is 10.5 Å². The third kappa shape index (κ3) is 4.30. The number of nitrogens with two attached hydrogens (primary N) is 1. The standard InChI is InChI=1S/C18H24N2O/c1-12(2)16-6-5-13(3)18(9-16)21-17-8-15(7-14(4)19)10-20-11-17/h5-6,8-12,14H,7,19H2,1-4H3. The molecule has 112 valence electrons. The minimum Gasteiger partial charge on any atom is -0.455 e. The van der Waals surface area contributed by atoms with Gasteiger partial charge in [-0.25, -0.2) is 0 Å². The molecule has 0 aliphatic rings. The predicted octanol–water partition coefficient (Wildman–Crippen LogP) is 4.20. The van der Waals surface area contributed by atoms with E-state index in [-0.39, 0.29) is 6.04 Å². The van der Waals surface area contributed by atoms with Gasteiger partial charge in [0.05, 0.1) is 6.20 Å². The summed E-state index contributed by atoms with van der Waals surface area (Å²) in [6.07, 6.45) is 4.38. The number of rotatable bonds is 5. The van der Waals surface area contributed by atoms with Crippen molar-refractivity contribution in [1.82, 2.24) is 4.98 Å². The summed E-state index contributed by atoms with van der Waals surface area (Å²) in [4.78, 5) is 4.24. The number of pyridine rings is 1. The van der Waals surface area contributed by atoms with Crippen LogP contribution in [0.25, 0.3) is 0 Å². The maximum absolute atomic E-state index is 6.02. The molecule has 21 heavy (non-hydrogen) atoms. The molecule has 0 saturated heterocycles. The van der Waals surface area contributed by atoms with Crippen molar-refractivity contribution in [3.63, 3.8) is 0 Å². The topological polar surface area (TPSA) is 48.1 Å². The smallest absolute Gasteiger partial charge is 0.145 e. The third-order valence-corrected chi connectivity index (χ3v) is 3.43. The summed E-state index contributed by atoms with van der Waals surface area (Å²) in [5.41, 5.74) is 9.33. The minimum absolute atomic E-state index is 0.119. The van der Waals surface area contributed by atoms with Gasteiger partial charge in [-0.05, 0) is 55.0 Å². The highest BCUT2D eigenvalue weighted by Gasteiger charge is 2.07. The molecule has 2 aromatic rings. The molecule has 0 bridgehead atoms. The molecule has 0 amide bonds. The number of benzene rings is 1. The van der Waals surface area contributed by atoms with Crippen molar-refractivity contribution in [1.29, 1.82) is 0 Å². The number of aromatic nitrogens is 1. The van der Waals surface area contributed by atoms with Gasteiger partial charge in [-0.3, -0.25) is 4.98 Å². The molecule has 1 aromatic carbocycles. The van der Waals surface area contributed by atoms with Crippen LogP contribution in [0, 0.1) is 6.92 Å². The molecular formula is C18H24N2O. The van der Waals surface area contributed by atoms with Crippen LogP contribution < -0.4 is 10.5 Å². The fraction of sp³-hybridized carbons (Fsp3) is 0.389. The average molecular weight is 284 g/mol. The van der Waals surface area contributed by atoms with E-state index in [0.717, 1.165) is 29.0 Å². The second kappa shape index (κ2) is 6.72. The Hall–Kier alpha value is -1.87. The first-order valence-electron chi connectivity index (χ1n) is 7.43. The summed E-state index contributed by atoms with van der Waals surface area (Å²) in [5, 5.41) is 0. The van der Waals surface area contributed by atoms with Crippen molar-refractivity contribution in [2.24, 2.45) is 5.73 Å². The van der Waals surface area contributed by atoms with Gasteiger partial charge in [-0.2, -0.15) is 0 Å². The van der Waals surface area contributed by atoms with Crippen LogP contribution >= 0.6 is 0 Å². The number of aryl methyl sites for hydroxylation is 1. The van der Waals surface area contributed by atoms with Crippen molar-refractivity contribution in [3.05, 3.63) is 53.3 Å². The van der Waals surface area contributed by atoms with E-state index in [1.807, 2.05) is 19.2 Å². The Labute approximate surface area is 127 Å².